The van der Waals surface area contributed by atoms with E-state index < -0.39 is 10.0 Å². The number of amides is 1. The number of thiophene rings is 1. The number of ether oxygens (including phenoxy) is 2. The Hall–Kier alpha value is -4.29. The first-order valence-corrected chi connectivity index (χ1v) is 16.3. The minimum Gasteiger partial charge on any atom is -0.497 e. The van der Waals surface area contributed by atoms with Gasteiger partial charge in [-0.1, -0.05) is 12.1 Å². The summed E-state index contributed by atoms with van der Waals surface area (Å²) in [6, 6.07) is 18.9. The number of anilines is 2. The van der Waals surface area contributed by atoms with Crippen molar-refractivity contribution in [3.63, 3.8) is 0 Å². The van der Waals surface area contributed by atoms with E-state index in [2.05, 4.69) is 14.9 Å². The molecule has 1 fully saturated rings. The predicted molar refractivity (Wildman–Crippen MR) is 166 cm³/mol. The second-order valence-corrected chi connectivity index (χ2v) is 13.4. The average molecular weight is 621 g/mol. The Labute approximate surface area is 253 Å². The molecule has 0 aliphatic carbocycles. The van der Waals surface area contributed by atoms with Gasteiger partial charge in [0.15, 0.2) is 0 Å². The van der Waals surface area contributed by atoms with Gasteiger partial charge in [-0.2, -0.15) is 0 Å². The van der Waals surface area contributed by atoms with Gasteiger partial charge in [-0.15, -0.1) is 11.3 Å². The highest BCUT2D eigenvalue weighted by atomic mass is 32.2. The van der Waals surface area contributed by atoms with Crippen LogP contribution in [0.3, 0.4) is 0 Å². The number of methoxy groups -OCH3 is 2. The molecule has 0 spiro atoms. The summed E-state index contributed by atoms with van der Waals surface area (Å²) in [7, 11) is -1.31. The number of aromatic nitrogens is 1. The lowest BCUT2D eigenvalue weighted by Gasteiger charge is -2.44. The highest BCUT2D eigenvalue weighted by Gasteiger charge is 2.36. The molecule has 10 nitrogen and oxygen atoms in total. The van der Waals surface area contributed by atoms with Gasteiger partial charge in [-0.3, -0.25) is 14.3 Å². The summed E-state index contributed by atoms with van der Waals surface area (Å²) >= 11 is 1.54. The van der Waals surface area contributed by atoms with Gasteiger partial charge in [0.25, 0.3) is 21.5 Å². The molecule has 0 unspecified atom stereocenters. The van der Waals surface area contributed by atoms with Crippen molar-refractivity contribution in [2.45, 2.75) is 30.3 Å². The van der Waals surface area contributed by atoms with Gasteiger partial charge in [-0.25, -0.2) is 8.42 Å². The van der Waals surface area contributed by atoms with E-state index in [4.69, 9.17) is 9.47 Å². The summed E-state index contributed by atoms with van der Waals surface area (Å²) in [5, 5.41) is 4.86. The molecule has 0 radical (unpaired) electrons. The summed E-state index contributed by atoms with van der Waals surface area (Å²) in [4.78, 5) is 28.8. The van der Waals surface area contributed by atoms with Crippen LogP contribution in [0.25, 0.3) is 0 Å². The Kier molecular flexibility index (Phi) is 7.89. The zero-order chi connectivity index (χ0) is 30.1. The number of hydrogen-bond acceptors (Lipinski definition) is 8. The smallest absolute Gasteiger partial charge is 0.265 e. The van der Waals surface area contributed by atoms with Crippen molar-refractivity contribution in [3.8, 4) is 11.5 Å². The number of benzene rings is 2. The summed E-state index contributed by atoms with van der Waals surface area (Å²) in [5.74, 6) is 0.527. The zero-order valence-corrected chi connectivity index (χ0v) is 25.4. The number of nitrogens with one attached hydrogen (secondary N) is 2. The molecule has 4 heterocycles. The predicted octanol–water partition coefficient (Wildman–Crippen LogP) is 4.28. The number of rotatable bonds is 9. The number of carbonyl (C=O) groups excluding carboxylic acids is 1. The molecule has 12 heteroatoms. The van der Waals surface area contributed by atoms with Crippen LogP contribution in [0, 0.1) is 5.92 Å². The first-order chi connectivity index (χ1) is 20.8. The van der Waals surface area contributed by atoms with E-state index in [1.165, 1.54) is 26.4 Å². The largest absolute Gasteiger partial charge is 0.497 e. The van der Waals surface area contributed by atoms with E-state index in [-0.39, 0.29) is 39.6 Å². The molecule has 2 bridgehead atoms. The third-order valence-corrected chi connectivity index (χ3v) is 10.3. The van der Waals surface area contributed by atoms with Gasteiger partial charge in [-0.05, 0) is 60.2 Å². The van der Waals surface area contributed by atoms with Crippen LogP contribution in [0.4, 0.5) is 11.4 Å². The fourth-order valence-electron chi connectivity index (χ4n) is 6.00. The summed E-state index contributed by atoms with van der Waals surface area (Å²) in [6.45, 7) is 2.21. The quantitative estimate of drug-likeness (QED) is 0.287. The second kappa shape index (κ2) is 11.8. The molecule has 224 valence electrons. The van der Waals surface area contributed by atoms with Crippen molar-refractivity contribution in [1.29, 1.82) is 0 Å². The maximum atomic E-state index is 13.8. The van der Waals surface area contributed by atoms with E-state index >= 15 is 0 Å². The number of carbonyl (C=O) groups is 1. The molecule has 2 aliphatic rings. The molecule has 2 N–H and O–H groups in total. The Morgan fingerprint density at radius 3 is 2.63 bits per heavy atom. The standard InChI is InChI=1S/C31H32N4O6S2/c1-40-23-9-11-28(41-2)29(15-23)43(38,39)33-25-14-21(31(37)32-16-24-5-4-12-42-24)8-10-27(25)34-17-20-13-22(19-34)26-6-3-7-30(36)35(26)18-20/h3-12,14-15,20,22,33H,13,16-19H2,1-2H3,(H,32,37)/t20-,22+/m1/s1. The molecular formula is C31H32N4O6S2. The van der Waals surface area contributed by atoms with Gasteiger partial charge in [0.05, 0.1) is 32.1 Å². The molecule has 1 amide bonds. The SMILES string of the molecule is COc1ccc(OC)c(S(=O)(=O)Nc2cc(C(=O)NCc3cccs3)ccc2N2C[C@H]3C[C@@H](C2)c2cccc(=O)n2C3)c1. The van der Waals surface area contributed by atoms with Crippen LogP contribution in [-0.4, -0.2) is 46.2 Å². The van der Waals surface area contributed by atoms with Crippen molar-refractivity contribution in [1.82, 2.24) is 9.88 Å². The van der Waals surface area contributed by atoms with E-state index in [1.807, 2.05) is 28.1 Å². The molecule has 2 aromatic carbocycles. The van der Waals surface area contributed by atoms with Gasteiger partial charge < -0.3 is 24.3 Å². The Bertz CT molecular complexity index is 1820. The van der Waals surface area contributed by atoms with Crippen molar-refractivity contribution in [3.05, 3.63) is 98.6 Å². The van der Waals surface area contributed by atoms with Crippen LogP contribution in [0.15, 0.2) is 81.8 Å². The first-order valence-electron chi connectivity index (χ1n) is 13.9. The van der Waals surface area contributed by atoms with Crippen molar-refractivity contribution in [2.75, 3.05) is 36.9 Å². The molecule has 6 rings (SSSR count). The Morgan fingerprint density at radius 2 is 1.86 bits per heavy atom. The highest BCUT2D eigenvalue weighted by molar-refractivity contribution is 7.92. The fraction of sp³-hybridized carbons (Fsp3) is 0.290. The lowest BCUT2D eigenvalue weighted by molar-refractivity contribution is 0.0951. The third-order valence-electron chi connectivity index (χ3n) is 7.99. The minimum atomic E-state index is -4.17. The molecule has 4 aromatic rings. The first kappa shape index (κ1) is 28.8. The monoisotopic (exact) mass is 620 g/mol. The van der Waals surface area contributed by atoms with Crippen LogP contribution in [0.1, 0.15) is 33.3 Å². The van der Waals surface area contributed by atoms with Crippen molar-refractivity contribution >= 4 is 38.6 Å². The maximum absolute atomic E-state index is 13.8. The topological polar surface area (TPSA) is 119 Å². The zero-order valence-electron chi connectivity index (χ0n) is 23.8. The molecular weight excluding hydrogens is 588 g/mol. The molecule has 2 aromatic heterocycles. The van der Waals surface area contributed by atoms with Crippen molar-refractivity contribution in [2.24, 2.45) is 5.92 Å². The lowest BCUT2D eigenvalue weighted by Crippen LogP contribution is -2.47. The molecule has 1 saturated heterocycles. The van der Waals surface area contributed by atoms with Crippen LogP contribution < -0.4 is 30.0 Å². The minimum absolute atomic E-state index is 0.000695. The Balaban J connectivity index is 1.36. The third kappa shape index (κ3) is 5.84. The maximum Gasteiger partial charge on any atom is 0.265 e. The van der Waals surface area contributed by atoms with Crippen LogP contribution in [0.5, 0.6) is 11.5 Å². The average Bonchev–Trinajstić information content (AvgIpc) is 3.53. The normalized spacial score (nSPS) is 17.6. The number of sulfonamides is 1. The molecule has 0 saturated carbocycles. The summed E-state index contributed by atoms with van der Waals surface area (Å²) < 4.78 is 42.9. The van der Waals surface area contributed by atoms with Gasteiger partial charge >= 0.3 is 0 Å². The van der Waals surface area contributed by atoms with Crippen LogP contribution >= 0.6 is 11.3 Å². The summed E-state index contributed by atoms with van der Waals surface area (Å²) in [6.07, 6.45) is 0.950. The van der Waals surface area contributed by atoms with E-state index in [0.717, 1.165) is 17.0 Å². The number of piperidine rings is 1. The number of nitrogens with zero attached hydrogens (tertiary/aromatic N) is 2. The number of fused-ring (bicyclic) bond motifs is 4. The molecule has 2 aliphatic heterocycles. The van der Waals surface area contributed by atoms with Crippen LogP contribution in [0.2, 0.25) is 0 Å². The number of pyridine rings is 1. The van der Waals surface area contributed by atoms with E-state index in [1.54, 1.807) is 47.7 Å². The van der Waals surface area contributed by atoms with Gasteiger partial charge in [0.1, 0.15) is 16.4 Å². The van der Waals surface area contributed by atoms with Gasteiger partial charge in [0, 0.05) is 53.8 Å². The van der Waals surface area contributed by atoms with E-state index in [9.17, 15) is 18.0 Å². The van der Waals surface area contributed by atoms with Crippen LogP contribution in [-0.2, 0) is 23.1 Å². The summed E-state index contributed by atoms with van der Waals surface area (Å²) in [5.41, 5.74) is 2.24. The number of hydrogen-bond donors (Lipinski definition) is 2. The Morgan fingerprint density at radius 1 is 1.00 bits per heavy atom. The van der Waals surface area contributed by atoms with E-state index in [0.29, 0.717) is 43.2 Å². The highest BCUT2D eigenvalue weighted by Crippen LogP contribution is 2.40. The van der Waals surface area contributed by atoms with Crippen molar-refractivity contribution < 1.29 is 22.7 Å². The second-order valence-electron chi connectivity index (χ2n) is 10.7. The molecule has 43 heavy (non-hydrogen) atoms. The lowest BCUT2D eigenvalue weighted by atomic mass is 9.83. The van der Waals surface area contributed by atoms with Gasteiger partial charge in [0.2, 0.25) is 0 Å². The molecule has 2 atom stereocenters. The fourth-order valence-corrected chi connectivity index (χ4v) is 7.90.